The van der Waals surface area contributed by atoms with Crippen molar-refractivity contribution in [2.45, 2.75) is 38.0 Å². The van der Waals surface area contributed by atoms with E-state index in [4.69, 9.17) is 4.74 Å². The topological polar surface area (TPSA) is 110 Å². The van der Waals surface area contributed by atoms with Gasteiger partial charge in [0.1, 0.15) is 5.75 Å². The summed E-state index contributed by atoms with van der Waals surface area (Å²) in [5.74, 6) is -1.70. The second-order valence-corrected chi connectivity index (χ2v) is 12.6. The molecule has 0 aromatic heterocycles. The zero-order valence-corrected chi connectivity index (χ0v) is 28.7. The van der Waals surface area contributed by atoms with Crippen LogP contribution in [0.3, 0.4) is 0 Å². The minimum Gasteiger partial charge on any atom is -0.423 e. The molecule has 51 heavy (non-hydrogen) atoms. The van der Waals surface area contributed by atoms with E-state index < -0.39 is 23.7 Å². The highest BCUT2D eigenvalue weighted by atomic mass is 32.1. The van der Waals surface area contributed by atoms with Gasteiger partial charge in [-0.25, -0.2) is 9.69 Å². The molecule has 1 N–H and O–H groups in total. The van der Waals surface area contributed by atoms with E-state index in [0.29, 0.717) is 34.4 Å². The molecule has 1 unspecified atom stereocenters. The summed E-state index contributed by atoms with van der Waals surface area (Å²) in [5.41, 5.74) is 6.89. The largest absolute Gasteiger partial charge is 0.423 e. The number of amides is 4. The molecule has 4 amide bonds. The quantitative estimate of drug-likeness (QED) is 0.0443. The summed E-state index contributed by atoms with van der Waals surface area (Å²) in [4.78, 5) is 66.8. The Morgan fingerprint density at radius 2 is 1.47 bits per heavy atom. The minimum absolute atomic E-state index is 0.163. The highest BCUT2D eigenvalue weighted by Gasteiger charge is 2.36. The molecule has 8 rings (SSSR count). The Kier molecular flexibility index (Phi) is 9.38. The summed E-state index contributed by atoms with van der Waals surface area (Å²) in [7, 11) is 0. The molecular weight excluding hydrogens is 661 g/mol. The van der Waals surface area contributed by atoms with Crippen LogP contribution >= 0.6 is 12.6 Å². The molecule has 0 saturated heterocycles. The van der Waals surface area contributed by atoms with Gasteiger partial charge in [0.25, 0.3) is 17.7 Å². The third-order valence-electron chi connectivity index (χ3n) is 9.69. The van der Waals surface area contributed by atoms with E-state index in [2.05, 4.69) is 30.1 Å². The van der Waals surface area contributed by atoms with Crippen LogP contribution in [0.5, 0.6) is 5.75 Å². The summed E-state index contributed by atoms with van der Waals surface area (Å²) >= 11 is 3.53. The fraction of sp³-hybridized carbons (Fsp3) is 0.167. The van der Waals surface area contributed by atoms with Crippen LogP contribution in [-0.4, -0.2) is 36.4 Å². The molecule has 3 aliphatic rings. The Morgan fingerprint density at radius 3 is 2.16 bits per heavy atom. The number of imide groups is 2. The maximum Gasteiger partial charge on any atom is 0.343 e. The normalized spacial score (nSPS) is 16.0. The summed E-state index contributed by atoms with van der Waals surface area (Å²) in [6, 6.07) is 29.5. The van der Waals surface area contributed by atoms with E-state index >= 15 is 0 Å². The maximum atomic E-state index is 14.2. The van der Waals surface area contributed by atoms with Gasteiger partial charge in [-0.1, -0.05) is 65.7 Å². The predicted octanol–water partition coefficient (Wildman–Crippen LogP) is 8.32. The number of esters is 1. The van der Waals surface area contributed by atoms with Crippen molar-refractivity contribution in [3.8, 4) is 16.9 Å². The molecular formula is C42H34N2O6S. The van der Waals surface area contributed by atoms with Gasteiger partial charge in [-0.05, 0) is 104 Å². The van der Waals surface area contributed by atoms with Crippen molar-refractivity contribution in [1.82, 2.24) is 5.32 Å². The number of thiol groups is 1. The van der Waals surface area contributed by atoms with Gasteiger partial charge in [0.2, 0.25) is 6.41 Å². The highest BCUT2D eigenvalue weighted by molar-refractivity contribution is 7.79. The lowest BCUT2D eigenvalue weighted by atomic mass is 9.85. The summed E-state index contributed by atoms with van der Waals surface area (Å²) in [5, 5.41) is 2.96. The highest BCUT2D eigenvalue weighted by Crippen LogP contribution is 2.48. The van der Waals surface area contributed by atoms with Gasteiger partial charge < -0.3 is 4.74 Å². The molecule has 2 aliphatic carbocycles. The SMILES string of the molecule is CS.O=CNC(=O)c1ccc2c3c(ccc(-c4ccc(C5CCCC5=C5CC5)cc4)c13)C(=O)N(c1cccc(C(=O)Oc3ccccc3)c1)C2=O. The number of para-hydroxylation sites is 1. The average molecular weight is 695 g/mol. The van der Waals surface area contributed by atoms with Gasteiger partial charge in [-0.3, -0.25) is 24.5 Å². The van der Waals surface area contributed by atoms with E-state index in [1.54, 1.807) is 78.1 Å². The van der Waals surface area contributed by atoms with E-state index in [1.807, 2.05) is 12.1 Å². The lowest BCUT2D eigenvalue weighted by molar-refractivity contribution is -0.108. The van der Waals surface area contributed by atoms with E-state index in [0.717, 1.165) is 23.3 Å². The van der Waals surface area contributed by atoms with Crippen LogP contribution in [0.15, 0.2) is 114 Å². The molecule has 0 radical (unpaired) electrons. The molecule has 1 aliphatic heterocycles. The minimum atomic E-state index is -0.643. The molecule has 2 saturated carbocycles. The van der Waals surface area contributed by atoms with Crippen molar-refractivity contribution >= 4 is 59.2 Å². The number of hydrogen-bond donors (Lipinski definition) is 2. The van der Waals surface area contributed by atoms with Crippen molar-refractivity contribution in [3.05, 3.63) is 142 Å². The standard InChI is InChI=1S/C41H30N2O6.CH4S/c44-23-42-38(45)33-19-21-35-37-34(20-18-32(36(33)37)26-16-14-25(15-17-26)31-11-5-10-30(31)24-12-13-24)39(46)43(40(35)47)28-7-4-6-27(22-28)41(48)49-29-8-2-1-3-9-29;1-2/h1-4,6-9,14-23,31H,5,10-13H2,(H,42,44,45);2H,1H3. The molecule has 9 heteroatoms. The van der Waals surface area contributed by atoms with Crippen LogP contribution < -0.4 is 15.0 Å². The second-order valence-electron chi connectivity index (χ2n) is 12.6. The Labute approximate surface area is 300 Å². The lowest BCUT2D eigenvalue weighted by Crippen LogP contribution is -2.40. The Balaban J connectivity index is 0.00000200. The van der Waals surface area contributed by atoms with Crippen molar-refractivity contribution in [2.75, 3.05) is 11.2 Å². The fourth-order valence-electron chi connectivity index (χ4n) is 7.32. The average Bonchev–Trinajstić information content (AvgIpc) is 3.90. The zero-order chi connectivity index (χ0) is 35.6. The third kappa shape index (κ3) is 6.25. The second kappa shape index (κ2) is 14.2. The fourth-order valence-corrected chi connectivity index (χ4v) is 7.32. The number of nitrogens with zero attached hydrogens (tertiary/aromatic N) is 1. The first-order valence-corrected chi connectivity index (χ1v) is 17.7. The van der Waals surface area contributed by atoms with Gasteiger partial charge in [0.05, 0.1) is 11.3 Å². The van der Waals surface area contributed by atoms with Gasteiger partial charge >= 0.3 is 5.97 Å². The van der Waals surface area contributed by atoms with Gasteiger partial charge in [-0.15, -0.1) is 0 Å². The molecule has 254 valence electrons. The number of benzene rings is 5. The van der Waals surface area contributed by atoms with Crippen LogP contribution in [0, 0.1) is 0 Å². The number of rotatable bonds is 7. The number of allylic oxidation sites excluding steroid dienone is 2. The van der Waals surface area contributed by atoms with E-state index in [-0.39, 0.29) is 27.9 Å². The van der Waals surface area contributed by atoms with Gasteiger partial charge in [-0.2, -0.15) is 12.6 Å². The summed E-state index contributed by atoms with van der Waals surface area (Å²) in [6.07, 6.45) is 7.90. The monoisotopic (exact) mass is 694 g/mol. The van der Waals surface area contributed by atoms with E-state index in [9.17, 15) is 24.0 Å². The number of carbonyl (C=O) groups is 5. The molecule has 5 aromatic rings. The van der Waals surface area contributed by atoms with E-state index in [1.165, 1.54) is 43.0 Å². The van der Waals surface area contributed by atoms with Crippen LogP contribution in [0.2, 0.25) is 0 Å². The molecule has 1 atom stereocenters. The van der Waals surface area contributed by atoms with Crippen LogP contribution in [0.25, 0.3) is 21.9 Å². The van der Waals surface area contributed by atoms with Gasteiger partial charge in [0, 0.05) is 33.4 Å². The molecule has 0 bridgehead atoms. The Bertz CT molecular complexity index is 2230. The van der Waals surface area contributed by atoms with Crippen molar-refractivity contribution < 1.29 is 28.7 Å². The number of hydrogen-bond acceptors (Lipinski definition) is 7. The van der Waals surface area contributed by atoms with Crippen LogP contribution in [0.1, 0.15) is 85.0 Å². The van der Waals surface area contributed by atoms with Gasteiger partial charge in [0.15, 0.2) is 0 Å². The number of anilines is 1. The first kappa shape index (κ1) is 33.7. The first-order chi connectivity index (χ1) is 24.9. The number of ether oxygens (including phenoxy) is 1. The van der Waals surface area contributed by atoms with Crippen molar-refractivity contribution in [3.63, 3.8) is 0 Å². The smallest absolute Gasteiger partial charge is 0.343 e. The zero-order valence-electron chi connectivity index (χ0n) is 27.8. The van der Waals surface area contributed by atoms with Crippen molar-refractivity contribution in [2.24, 2.45) is 0 Å². The molecule has 8 nitrogen and oxygen atoms in total. The predicted molar refractivity (Wildman–Crippen MR) is 200 cm³/mol. The first-order valence-electron chi connectivity index (χ1n) is 16.8. The Hall–Kier alpha value is -5.80. The summed E-state index contributed by atoms with van der Waals surface area (Å²) in [6.45, 7) is 0. The third-order valence-corrected chi connectivity index (χ3v) is 9.69. The summed E-state index contributed by atoms with van der Waals surface area (Å²) < 4.78 is 5.47. The lowest BCUT2D eigenvalue weighted by Gasteiger charge is -2.29. The van der Waals surface area contributed by atoms with Crippen LogP contribution in [0.4, 0.5) is 5.69 Å². The number of nitrogens with one attached hydrogen (secondary N) is 1. The maximum absolute atomic E-state index is 14.2. The molecule has 1 heterocycles. The van der Waals surface area contributed by atoms with Crippen molar-refractivity contribution in [1.29, 1.82) is 0 Å². The molecule has 5 aromatic carbocycles. The molecule has 0 spiro atoms. The Morgan fingerprint density at radius 1 is 0.784 bits per heavy atom. The number of carbonyl (C=O) groups excluding carboxylic acids is 5. The van der Waals surface area contributed by atoms with Crippen LogP contribution in [-0.2, 0) is 4.79 Å². The molecule has 2 fully saturated rings.